The summed E-state index contributed by atoms with van der Waals surface area (Å²) in [5.74, 6) is -3.88. The standard InChI is InChI=1S/C47H63N3O13Si/c1-7-64(8-2,9-3)63-35-25-47(61-41(38(35)49-50-48)39(56-31-52-6)37-30-57-46(4,5)60-37)45(51)59-40-36(29-53-26-32-19-13-10-14-20-32)58-44(55-28-34-23-17-12-18-24-34)43(42(40)62-47)54-27-33-21-15-11-16-22-33/h10-24,35-44H,7-9,25-31H2,1-6H3/t35-,36+,37+,38+,39+,40-,41+,42-,43+,44+,47-/m0/s1. The van der Waals surface area contributed by atoms with E-state index in [1.54, 1.807) is 13.8 Å². The predicted octanol–water partition coefficient (Wildman–Crippen LogP) is 7.74. The summed E-state index contributed by atoms with van der Waals surface area (Å²) in [6.07, 6.45) is -8.79. The summed E-state index contributed by atoms with van der Waals surface area (Å²) in [5.41, 5.74) is 12.9. The van der Waals surface area contributed by atoms with Crippen LogP contribution in [0.1, 0.15) is 57.7 Å². The van der Waals surface area contributed by atoms with Gasteiger partial charge in [0, 0.05) is 18.4 Å². The van der Waals surface area contributed by atoms with E-state index in [4.69, 9.17) is 56.5 Å². The van der Waals surface area contributed by atoms with Crippen molar-refractivity contribution >= 4 is 14.3 Å². The molecule has 7 rings (SSSR count). The molecule has 1 spiro atoms. The molecule has 0 amide bonds. The number of nitrogens with zero attached hydrogens (tertiary/aromatic N) is 3. The molecule has 4 aliphatic rings. The van der Waals surface area contributed by atoms with Gasteiger partial charge in [-0.05, 0) is 54.2 Å². The molecule has 0 unspecified atom stereocenters. The normalized spacial score (nSPS) is 30.6. The van der Waals surface area contributed by atoms with Crippen LogP contribution in [0, 0.1) is 0 Å². The lowest BCUT2D eigenvalue weighted by atomic mass is 9.87. The van der Waals surface area contributed by atoms with Crippen LogP contribution >= 0.6 is 0 Å². The highest BCUT2D eigenvalue weighted by molar-refractivity contribution is 6.73. The topological polar surface area (TPSA) is 177 Å². The third-order valence-electron chi connectivity index (χ3n) is 12.5. The van der Waals surface area contributed by atoms with Gasteiger partial charge in [-0.3, -0.25) is 0 Å². The fourth-order valence-corrected chi connectivity index (χ4v) is 11.8. The van der Waals surface area contributed by atoms with E-state index in [1.807, 2.05) is 91.0 Å². The molecule has 16 nitrogen and oxygen atoms in total. The molecule has 0 aromatic heterocycles. The van der Waals surface area contributed by atoms with Crippen LogP contribution in [0.5, 0.6) is 0 Å². The Hall–Kier alpha value is -3.78. The van der Waals surface area contributed by atoms with Crippen molar-refractivity contribution in [3.63, 3.8) is 0 Å². The van der Waals surface area contributed by atoms with Crippen LogP contribution in [0.15, 0.2) is 96.1 Å². The van der Waals surface area contributed by atoms with Crippen molar-refractivity contribution in [1.29, 1.82) is 0 Å². The average molecular weight is 906 g/mol. The molecular weight excluding hydrogens is 843 g/mol. The number of azide groups is 1. The molecule has 0 N–H and O–H groups in total. The second-order valence-corrected chi connectivity index (χ2v) is 21.8. The molecule has 0 bridgehead atoms. The molecule has 17 heteroatoms. The first-order valence-electron chi connectivity index (χ1n) is 22.3. The van der Waals surface area contributed by atoms with Gasteiger partial charge in [0.05, 0.1) is 45.2 Å². The number of ether oxygens (including phenoxy) is 11. The van der Waals surface area contributed by atoms with E-state index in [2.05, 4.69) is 30.8 Å². The largest absolute Gasteiger partial charge is 0.453 e. The maximum Gasteiger partial charge on any atom is 0.367 e. The number of carbonyl (C=O) groups excluding carboxylic acids is 1. The highest BCUT2D eigenvalue weighted by Gasteiger charge is 2.66. The minimum atomic E-state index is -2.48. The van der Waals surface area contributed by atoms with Gasteiger partial charge in [-0.15, -0.1) is 0 Å². The SMILES string of the molecule is CC[Si](CC)(CC)O[C@H]1C[C@@]2(O[C@H]3[C@@H](OC2=O)[C@@H](COCc2ccccc2)O[C@@H](OCc2ccccc2)[C@@H]3OCc2ccccc2)O[C@@H]([C@H](OCOC)[C@H]2COC(C)(C)O2)[C@@H]1N=[N+]=[N-]. The quantitative estimate of drug-likeness (QED) is 0.0254. The molecule has 4 heterocycles. The Labute approximate surface area is 376 Å². The molecule has 3 aromatic rings. The minimum absolute atomic E-state index is 0.0316. The summed E-state index contributed by atoms with van der Waals surface area (Å²) in [4.78, 5) is 18.3. The van der Waals surface area contributed by atoms with Crippen molar-refractivity contribution in [2.75, 3.05) is 27.1 Å². The van der Waals surface area contributed by atoms with Crippen LogP contribution in [0.3, 0.4) is 0 Å². The smallest absolute Gasteiger partial charge is 0.367 e. The summed E-state index contributed by atoms with van der Waals surface area (Å²) >= 11 is 0. The van der Waals surface area contributed by atoms with E-state index in [0.29, 0.717) is 0 Å². The lowest BCUT2D eigenvalue weighted by Gasteiger charge is -2.55. The molecule has 0 aliphatic carbocycles. The number of hydrogen-bond donors (Lipinski definition) is 0. The lowest BCUT2D eigenvalue weighted by molar-refractivity contribution is -0.400. The summed E-state index contributed by atoms with van der Waals surface area (Å²) in [6, 6.07) is 30.6. The summed E-state index contributed by atoms with van der Waals surface area (Å²) < 4.78 is 78.2. The summed E-state index contributed by atoms with van der Waals surface area (Å²) in [6.45, 7) is 10.5. The zero-order valence-electron chi connectivity index (χ0n) is 37.7. The van der Waals surface area contributed by atoms with Crippen LogP contribution in [0.4, 0.5) is 0 Å². The summed E-state index contributed by atoms with van der Waals surface area (Å²) in [7, 11) is -0.982. The van der Waals surface area contributed by atoms with Crippen molar-refractivity contribution in [3.8, 4) is 0 Å². The van der Waals surface area contributed by atoms with Crippen LogP contribution in [-0.4, -0.2) is 114 Å². The molecule has 11 atom stereocenters. The molecule has 4 fully saturated rings. The number of esters is 1. The van der Waals surface area contributed by atoms with E-state index in [1.165, 1.54) is 7.11 Å². The zero-order chi connectivity index (χ0) is 45.2. The minimum Gasteiger partial charge on any atom is -0.453 e. The van der Waals surface area contributed by atoms with Crippen molar-refractivity contribution in [3.05, 3.63) is 118 Å². The Morgan fingerprint density at radius 1 is 0.828 bits per heavy atom. The maximum atomic E-state index is 15.0. The Balaban J connectivity index is 1.29. The van der Waals surface area contributed by atoms with Gasteiger partial charge in [-0.25, -0.2) is 4.79 Å². The Morgan fingerprint density at radius 3 is 2.00 bits per heavy atom. The maximum absolute atomic E-state index is 15.0. The number of methoxy groups -OCH3 is 1. The highest BCUT2D eigenvalue weighted by Crippen LogP contribution is 2.46. The second-order valence-electron chi connectivity index (χ2n) is 17.1. The first-order valence-corrected chi connectivity index (χ1v) is 24.9. The van der Waals surface area contributed by atoms with E-state index >= 15 is 4.79 Å². The number of fused-ring (bicyclic) bond motifs is 1. The predicted molar refractivity (Wildman–Crippen MR) is 235 cm³/mol. The van der Waals surface area contributed by atoms with Crippen molar-refractivity contribution in [1.82, 2.24) is 0 Å². The monoisotopic (exact) mass is 905 g/mol. The third-order valence-corrected chi connectivity index (χ3v) is 17.2. The highest BCUT2D eigenvalue weighted by atomic mass is 28.4. The van der Waals surface area contributed by atoms with Gasteiger partial charge in [0.1, 0.15) is 43.4 Å². The zero-order valence-corrected chi connectivity index (χ0v) is 38.7. The first kappa shape index (κ1) is 48.2. The van der Waals surface area contributed by atoms with Crippen molar-refractivity contribution in [2.45, 2.75) is 152 Å². The van der Waals surface area contributed by atoms with Gasteiger partial charge in [0.2, 0.25) is 0 Å². The van der Waals surface area contributed by atoms with Crippen molar-refractivity contribution < 1.29 is 61.3 Å². The fourth-order valence-electron chi connectivity index (χ4n) is 8.94. The Morgan fingerprint density at radius 2 is 1.44 bits per heavy atom. The van der Waals surface area contributed by atoms with Crippen molar-refractivity contribution in [2.24, 2.45) is 5.11 Å². The Bertz CT molecular complexity index is 1950. The van der Waals surface area contributed by atoms with Crippen LogP contribution < -0.4 is 0 Å². The van der Waals surface area contributed by atoms with E-state index < -0.39 is 87.0 Å². The van der Waals surface area contributed by atoms with E-state index in [0.717, 1.165) is 34.8 Å². The number of hydrogen-bond acceptors (Lipinski definition) is 14. The number of rotatable bonds is 21. The summed E-state index contributed by atoms with van der Waals surface area (Å²) in [5, 5.41) is 4.32. The fraction of sp³-hybridized carbons (Fsp3) is 0.596. The second kappa shape index (κ2) is 22.1. The molecule has 64 heavy (non-hydrogen) atoms. The first-order chi connectivity index (χ1) is 31.0. The average Bonchev–Trinajstić information content (AvgIpc) is 3.68. The molecule has 348 valence electrons. The molecule has 4 aliphatic heterocycles. The molecular formula is C47H63N3O13Si. The van der Waals surface area contributed by atoms with Gasteiger partial charge in [-0.1, -0.05) is 117 Å². The van der Waals surface area contributed by atoms with Gasteiger partial charge in [-0.2, -0.15) is 0 Å². The van der Waals surface area contributed by atoms with Crippen LogP contribution in [0.25, 0.3) is 10.4 Å². The third kappa shape index (κ3) is 11.4. The molecule has 3 aromatic carbocycles. The molecule has 4 saturated heterocycles. The molecule has 0 saturated carbocycles. The van der Waals surface area contributed by atoms with Gasteiger partial charge in [0.15, 0.2) is 26.5 Å². The van der Waals surface area contributed by atoms with Gasteiger partial charge < -0.3 is 56.5 Å². The van der Waals surface area contributed by atoms with Gasteiger partial charge in [0.25, 0.3) is 5.79 Å². The van der Waals surface area contributed by atoms with E-state index in [9.17, 15) is 5.53 Å². The Kier molecular flexibility index (Phi) is 16.7. The molecule has 0 radical (unpaired) electrons. The van der Waals surface area contributed by atoms with Crippen LogP contribution in [0.2, 0.25) is 18.1 Å². The van der Waals surface area contributed by atoms with Gasteiger partial charge >= 0.3 is 5.97 Å². The number of carbonyl (C=O) groups is 1. The van der Waals surface area contributed by atoms with Crippen LogP contribution in [-0.2, 0) is 81.1 Å². The number of benzene rings is 3. The lowest BCUT2D eigenvalue weighted by Crippen LogP contribution is -2.73. The van der Waals surface area contributed by atoms with E-state index in [-0.39, 0.29) is 46.2 Å².